The van der Waals surface area contributed by atoms with Gasteiger partial charge in [0, 0.05) is 24.2 Å². The van der Waals surface area contributed by atoms with E-state index < -0.39 is 5.82 Å². The summed E-state index contributed by atoms with van der Waals surface area (Å²) in [4.78, 5) is 7.53. The number of aromatic nitrogens is 2. The van der Waals surface area contributed by atoms with Crippen LogP contribution in [-0.2, 0) is 24.4 Å². The third kappa shape index (κ3) is 6.40. The number of piperidine rings is 1. The number of fused-ring (bicyclic) bond motifs is 1. The first-order valence-electron chi connectivity index (χ1n) is 14.0. The number of benzene rings is 3. The lowest BCUT2D eigenvalue weighted by atomic mass is 10.1. The minimum absolute atomic E-state index is 0.124. The molecule has 0 amide bonds. The molecule has 41 heavy (non-hydrogen) atoms. The van der Waals surface area contributed by atoms with E-state index in [-0.39, 0.29) is 30.1 Å². The first-order chi connectivity index (χ1) is 19.9. The number of hydrogen-bond acceptors (Lipinski definition) is 6. The Hall–Kier alpha value is -3.45. The van der Waals surface area contributed by atoms with E-state index in [0.29, 0.717) is 0 Å². The fourth-order valence-electron chi connectivity index (χ4n) is 5.49. The molecule has 2 fully saturated rings. The van der Waals surface area contributed by atoms with Crippen LogP contribution in [0.1, 0.15) is 41.8 Å². The molecule has 6 rings (SSSR count). The number of aryl methyl sites for hydroxylation is 1. The van der Waals surface area contributed by atoms with Crippen molar-refractivity contribution in [3.8, 4) is 17.6 Å². The molecule has 9 heteroatoms. The van der Waals surface area contributed by atoms with Crippen molar-refractivity contribution in [3.05, 3.63) is 87.4 Å². The van der Waals surface area contributed by atoms with E-state index in [1.165, 1.54) is 17.7 Å². The smallest absolute Gasteiger partial charge is 0.166 e. The Balaban J connectivity index is 1.06. The fourth-order valence-corrected chi connectivity index (χ4v) is 6.05. The lowest BCUT2D eigenvalue weighted by molar-refractivity contribution is -0.0592. The minimum Gasteiger partial charge on any atom is -0.490 e. The van der Waals surface area contributed by atoms with Crippen LogP contribution in [0.3, 0.4) is 0 Å². The number of likely N-dealkylation sites (tertiary alicyclic amines) is 1. The summed E-state index contributed by atoms with van der Waals surface area (Å²) < 4.78 is 35.3. The van der Waals surface area contributed by atoms with Gasteiger partial charge in [-0.25, -0.2) is 9.37 Å². The lowest BCUT2D eigenvalue weighted by Gasteiger charge is -2.32. The van der Waals surface area contributed by atoms with Gasteiger partial charge >= 0.3 is 0 Å². The van der Waals surface area contributed by atoms with Gasteiger partial charge in [-0.2, -0.15) is 5.26 Å². The summed E-state index contributed by atoms with van der Waals surface area (Å²) in [5.74, 6) is 1.45. The summed E-state index contributed by atoms with van der Waals surface area (Å²) in [5.41, 5.74) is 4.55. The first kappa shape index (κ1) is 27.7. The standard InChI is InChI=1S/C32H32BrFN4O3/c1-21-13-24(33)16-29-32(21)36-31(38(29)18-27-9-12-39-27)19-37-10-7-25(8-11-37)41-26-4-2-3-23(14-26)20-40-30-6-5-22(17-35)15-28(30)34/h2-6,13-16,25,27H,7-12,18-20H2,1H3. The average Bonchev–Trinajstić information content (AvgIpc) is 3.28. The molecule has 1 atom stereocenters. The highest BCUT2D eigenvalue weighted by Crippen LogP contribution is 2.29. The van der Waals surface area contributed by atoms with E-state index >= 15 is 0 Å². The number of imidazole rings is 1. The second-order valence-corrected chi connectivity index (χ2v) is 11.7. The maximum atomic E-state index is 14.2. The molecule has 2 aliphatic rings. The van der Waals surface area contributed by atoms with Crippen molar-refractivity contribution in [1.82, 2.24) is 14.5 Å². The van der Waals surface area contributed by atoms with Gasteiger partial charge in [0.1, 0.15) is 24.3 Å². The quantitative estimate of drug-likeness (QED) is 0.212. The predicted molar refractivity (Wildman–Crippen MR) is 157 cm³/mol. The molecule has 2 saturated heterocycles. The molecule has 3 heterocycles. The number of rotatable bonds is 9. The van der Waals surface area contributed by atoms with Crippen molar-refractivity contribution in [2.24, 2.45) is 0 Å². The minimum atomic E-state index is -0.543. The van der Waals surface area contributed by atoms with Crippen molar-refractivity contribution >= 4 is 27.0 Å². The van der Waals surface area contributed by atoms with Gasteiger partial charge in [0.2, 0.25) is 0 Å². The van der Waals surface area contributed by atoms with Gasteiger partial charge in [0.15, 0.2) is 11.6 Å². The number of ether oxygens (including phenoxy) is 3. The van der Waals surface area contributed by atoms with E-state index in [1.54, 1.807) is 6.07 Å². The van der Waals surface area contributed by atoms with E-state index in [9.17, 15) is 4.39 Å². The summed E-state index contributed by atoms with van der Waals surface area (Å²) in [6.07, 6.45) is 3.32. The fraction of sp³-hybridized carbons (Fsp3) is 0.375. The zero-order valence-corrected chi connectivity index (χ0v) is 24.6. The normalized spacial score (nSPS) is 17.8. The SMILES string of the molecule is Cc1cc(Br)cc2c1nc(CN1CCC(Oc3cccc(COc4ccc(C#N)cc4F)c3)CC1)n2CC1CCO1. The molecule has 0 bridgehead atoms. The Morgan fingerprint density at radius 2 is 1.95 bits per heavy atom. The Morgan fingerprint density at radius 3 is 2.68 bits per heavy atom. The lowest BCUT2D eigenvalue weighted by Crippen LogP contribution is -2.39. The molecule has 7 nitrogen and oxygen atoms in total. The van der Waals surface area contributed by atoms with Crippen LogP contribution in [-0.4, -0.2) is 46.4 Å². The molecule has 212 valence electrons. The van der Waals surface area contributed by atoms with Crippen LogP contribution in [0.2, 0.25) is 0 Å². The molecule has 0 aliphatic carbocycles. The van der Waals surface area contributed by atoms with Gasteiger partial charge in [0.05, 0.1) is 41.9 Å². The number of halogens is 2. The van der Waals surface area contributed by atoms with Crippen LogP contribution < -0.4 is 9.47 Å². The van der Waals surface area contributed by atoms with Crippen molar-refractivity contribution < 1.29 is 18.6 Å². The number of hydrogen-bond donors (Lipinski definition) is 0. The number of nitriles is 1. The highest BCUT2D eigenvalue weighted by atomic mass is 79.9. The maximum absolute atomic E-state index is 14.2. The first-order valence-corrected chi connectivity index (χ1v) is 14.8. The van der Waals surface area contributed by atoms with Crippen molar-refractivity contribution in [2.45, 2.75) is 58.1 Å². The van der Waals surface area contributed by atoms with Crippen molar-refractivity contribution in [2.75, 3.05) is 19.7 Å². The molecule has 3 aromatic carbocycles. The van der Waals surface area contributed by atoms with Gasteiger partial charge in [-0.3, -0.25) is 4.90 Å². The summed E-state index contributed by atoms with van der Waals surface area (Å²) in [5, 5.41) is 8.92. The summed E-state index contributed by atoms with van der Waals surface area (Å²) in [6.45, 7) is 6.65. The van der Waals surface area contributed by atoms with E-state index in [2.05, 4.69) is 44.5 Å². The monoisotopic (exact) mass is 618 g/mol. The van der Waals surface area contributed by atoms with Gasteiger partial charge in [-0.1, -0.05) is 28.1 Å². The molecule has 2 aliphatic heterocycles. The molecule has 0 saturated carbocycles. The summed E-state index contributed by atoms with van der Waals surface area (Å²) in [6, 6.07) is 18.2. The highest BCUT2D eigenvalue weighted by Gasteiger charge is 2.26. The molecule has 1 aromatic heterocycles. The van der Waals surface area contributed by atoms with Crippen molar-refractivity contribution in [3.63, 3.8) is 0 Å². The van der Waals surface area contributed by atoms with E-state index in [0.717, 1.165) is 84.7 Å². The second-order valence-electron chi connectivity index (χ2n) is 10.8. The second kappa shape index (κ2) is 12.2. The zero-order chi connectivity index (χ0) is 28.3. The number of nitrogens with zero attached hydrogens (tertiary/aromatic N) is 4. The highest BCUT2D eigenvalue weighted by molar-refractivity contribution is 9.10. The van der Waals surface area contributed by atoms with Crippen LogP contribution in [0.25, 0.3) is 11.0 Å². The molecule has 0 N–H and O–H groups in total. The predicted octanol–water partition coefficient (Wildman–Crippen LogP) is 6.53. The van der Waals surface area contributed by atoms with Gasteiger partial charge in [0.25, 0.3) is 0 Å². The third-order valence-corrected chi connectivity index (χ3v) is 8.28. The summed E-state index contributed by atoms with van der Waals surface area (Å²) >= 11 is 3.66. The van der Waals surface area contributed by atoms with E-state index in [4.69, 9.17) is 24.5 Å². The Kier molecular flexibility index (Phi) is 8.24. The Labute approximate surface area is 247 Å². The largest absolute Gasteiger partial charge is 0.490 e. The van der Waals surface area contributed by atoms with Crippen LogP contribution >= 0.6 is 15.9 Å². The van der Waals surface area contributed by atoms with Gasteiger partial charge in [-0.05, 0) is 79.8 Å². The van der Waals surface area contributed by atoms with Gasteiger partial charge in [-0.15, -0.1) is 0 Å². The molecular weight excluding hydrogens is 587 g/mol. The average molecular weight is 620 g/mol. The van der Waals surface area contributed by atoms with Crippen LogP contribution in [0, 0.1) is 24.1 Å². The zero-order valence-electron chi connectivity index (χ0n) is 23.0. The van der Waals surface area contributed by atoms with Crippen LogP contribution in [0.5, 0.6) is 11.5 Å². The molecule has 0 radical (unpaired) electrons. The molecule has 4 aromatic rings. The third-order valence-electron chi connectivity index (χ3n) is 7.82. The topological polar surface area (TPSA) is 72.5 Å². The van der Waals surface area contributed by atoms with Crippen LogP contribution in [0.15, 0.2) is 59.1 Å². The maximum Gasteiger partial charge on any atom is 0.166 e. The molecule has 0 spiro atoms. The summed E-state index contributed by atoms with van der Waals surface area (Å²) in [7, 11) is 0. The van der Waals surface area contributed by atoms with Gasteiger partial charge < -0.3 is 18.8 Å². The Bertz CT molecular complexity index is 1590. The van der Waals surface area contributed by atoms with Crippen LogP contribution in [0.4, 0.5) is 4.39 Å². The van der Waals surface area contributed by atoms with E-state index in [1.807, 2.05) is 30.3 Å². The molecular formula is C32H32BrFN4O3. The molecule has 1 unspecified atom stereocenters. The van der Waals surface area contributed by atoms with Crippen molar-refractivity contribution in [1.29, 1.82) is 5.26 Å². The Morgan fingerprint density at radius 1 is 1.12 bits per heavy atom.